The molecule has 0 bridgehead atoms. The van der Waals surface area contributed by atoms with Gasteiger partial charge in [-0.3, -0.25) is 9.89 Å². The zero-order valence-electron chi connectivity index (χ0n) is 14.0. The van der Waals surface area contributed by atoms with Crippen LogP contribution in [0.1, 0.15) is 27.2 Å². The van der Waals surface area contributed by atoms with Crippen LogP contribution in [0.4, 0.5) is 0 Å². The summed E-state index contributed by atoms with van der Waals surface area (Å²) in [5.74, 6) is 0.860. The normalized spacial score (nSPS) is 22.1. The zero-order valence-corrected chi connectivity index (χ0v) is 14.0. The molecular weight excluding hydrogens is 268 g/mol. The van der Waals surface area contributed by atoms with Crippen LogP contribution in [0, 0.1) is 0 Å². The van der Waals surface area contributed by atoms with E-state index in [0.717, 1.165) is 58.4 Å². The molecule has 1 saturated heterocycles. The monoisotopic (exact) mass is 300 g/mol. The summed E-state index contributed by atoms with van der Waals surface area (Å²) in [5.41, 5.74) is 0. The highest BCUT2D eigenvalue weighted by Gasteiger charge is 2.23. The highest BCUT2D eigenvalue weighted by atomic mass is 16.5. The molecule has 0 radical (unpaired) electrons. The predicted octanol–water partition coefficient (Wildman–Crippen LogP) is 0.687. The fourth-order valence-corrected chi connectivity index (χ4v) is 2.50. The summed E-state index contributed by atoms with van der Waals surface area (Å²) >= 11 is 0. The molecule has 2 N–H and O–H groups in total. The van der Waals surface area contributed by atoms with Crippen LogP contribution in [0.3, 0.4) is 0 Å². The Morgan fingerprint density at radius 2 is 2.29 bits per heavy atom. The van der Waals surface area contributed by atoms with Crippen molar-refractivity contribution in [1.29, 1.82) is 0 Å². The van der Waals surface area contributed by atoms with Gasteiger partial charge in [0.1, 0.15) is 0 Å². The van der Waals surface area contributed by atoms with E-state index in [0.29, 0.717) is 12.1 Å². The van der Waals surface area contributed by atoms with Gasteiger partial charge in [-0.15, -0.1) is 0 Å². The molecule has 1 rings (SSSR count). The maximum Gasteiger partial charge on any atom is 0.191 e. The molecule has 0 amide bonds. The molecule has 0 aromatic rings. The highest BCUT2D eigenvalue weighted by molar-refractivity contribution is 5.79. The SMILES string of the molecule is CCOCCCNC(=NC)NCC(C)N1CCOCC1C. The van der Waals surface area contributed by atoms with Gasteiger partial charge in [-0.2, -0.15) is 0 Å². The molecule has 1 heterocycles. The largest absolute Gasteiger partial charge is 0.382 e. The van der Waals surface area contributed by atoms with Crippen LogP contribution in [0.25, 0.3) is 0 Å². The van der Waals surface area contributed by atoms with E-state index in [9.17, 15) is 0 Å². The Morgan fingerprint density at radius 3 is 2.95 bits per heavy atom. The van der Waals surface area contributed by atoms with Gasteiger partial charge in [0.25, 0.3) is 0 Å². The maximum absolute atomic E-state index is 5.48. The number of rotatable bonds is 8. The second kappa shape index (κ2) is 10.8. The molecule has 1 fully saturated rings. The van der Waals surface area contributed by atoms with Gasteiger partial charge >= 0.3 is 0 Å². The predicted molar refractivity (Wildman–Crippen MR) is 86.9 cm³/mol. The molecule has 2 unspecified atom stereocenters. The van der Waals surface area contributed by atoms with Crippen LogP contribution in [0.2, 0.25) is 0 Å². The molecule has 0 saturated carbocycles. The first kappa shape index (κ1) is 18.2. The van der Waals surface area contributed by atoms with Crippen LogP contribution in [-0.4, -0.2) is 76.1 Å². The minimum absolute atomic E-state index is 0.464. The van der Waals surface area contributed by atoms with Crippen molar-refractivity contribution in [3.63, 3.8) is 0 Å². The number of guanidine groups is 1. The highest BCUT2D eigenvalue weighted by Crippen LogP contribution is 2.09. The van der Waals surface area contributed by atoms with Crippen LogP contribution in [0.15, 0.2) is 4.99 Å². The van der Waals surface area contributed by atoms with Crippen molar-refractivity contribution < 1.29 is 9.47 Å². The zero-order chi connectivity index (χ0) is 15.5. The third kappa shape index (κ3) is 7.11. The molecule has 1 aliphatic rings. The molecule has 21 heavy (non-hydrogen) atoms. The molecule has 6 nitrogen and oxygen atoms in total. The average molecular weight is 300 g/mol. The Bertz CT molecular complexity index is 299. The van der Waals surface area contributed by atoms with Gasteiger partial charge < -0.3 is 20.1 Å². The van der Waals surface area contributed by atoms with Gasteiger partial charge in [0, 0.05) is 52.0 Å². The van der Waals surface area contributed by atoms with E-state index in [1.54, 1.807) is 7.05 Å². The summed E-state index contributed by atoms with van der Waals surface area (Å²) in [6.45, 7) is 12.5. The Labute approximate surface area is 129 Å². The maximum atomic E-state index is 5.48. The van der Waals surface area contributed by atoms with Gasteiger partial charge in [-0.05, 0) is 27.2 Å². The average Bonchev–Trinajstić information content (AvgIpc) is 2.50. The minimum atomic E-state index is 0.464. The lowest BCUT2D eigenvalue weighted by atomic mass is 10.2. The lowest BCUT2D eigenvalue weighted by Crippen LogP contribution is -2.53. The molecule has 0 spiro atoms. The smallest absolute Gasteiger partial charge is 0.191 e. The first-order valence-corrected chi connectivity index (χ1v) is 8.04. The standard InChI is InChI=1S/C15H32N4O2/c1-5-20-9-6-7-17-15(16-4)18-11-13(2)19-8-10-21-12-14(19)3/h13-14H,5-12H2,1-4H3,(H2,16,17,18). The summed E-state index contributed by atoms with van der Waals surface area (Å²) in [6.07, 6.45) is 0.991. The number of aliphatic imine (C=N–C) groups is 1. The van der Waals surface area contributed by atoms with Gasteiger partial charge in [0.2, 0.25) is 0 Å². The third-order valence-electron chi connectivity index (χ3n) is 3.74. The van der Waals surface area contributed by atoms with Crippen molar-refractivity contribution in [3.05, 3.63) is 0 Å². The summed E-state index contributed by atoms with van der Waals surface area (Å²) in [6, 6.07) is 0.947. The summed E-state index contributed by atoms with van der Waals surface area (Å²) in [7, 11) is 1.81. The topological polar surface area (TPSA) is 58.1 Å². The molecule has 6 heteroatoms. The van der Waals surface area contributed by atoms with Crippen LogP contribution in [-0.2, 0) is 9.47 Å². The van der Waals surface area contributed by atoms with E-state index < -0.39 is 0 Å². The third-order valence-corrected chi connectivity index (χ3v) is 3.74. The van der Waals surface area contributed by atoms with Crippen molar-refractivity contribution in [1.82, 2.24) is 15.5 Å². The Morgan fingerprint density at radius 1 is 1.48 bits per heavy atom. The number of nitrogens with zero attached hydrogens (tertiary/aromatic N) is 2. The van der Waals surface area contributed by atoms with Crippen molar-refractivity contribution >= 4 is 5.96 Å². The number of hydrogen-bond acceptors (Lipinski definition) is 4. The molecule has 2 atom stereocenters. The van der Waals surface area contributed by atoms with Crippen molar-refractivity contribution in [2.75, 3.05) is 53.1 Å². The van der Waals surface area contributed by atoms with Gasteiger partial charge in [-0.1, -0.05) is 0 Å². The summed E-state index contributed by atoms with van der Waals surface area (Å²) in [4.78, 5) is 6.74. The van der Waals surface area contributed by atoms with E-state index in [4.69, 9.17) is 9.47 Å². The first-order valence-electron chi connectivity index (χ1n) is 8.04. The molecule has 0 aromatic heterocycles. The molecule has 124 valence electrons. The van der Waals surface area contributed by atoms with Gasteiger partial charge in [0.05, 0.1) is 13.2 Å². The Hall–Kier alpha value is -0.850. The fourth-order valence-electron chi connectivity index (χ4n) is 2.50. The molecule has 0 aromatic carbocycles. The van der Waals surface area contributed by atoms with Crippen molar-refractivity contribution in [2.24, 2.45) is 4.99 Å². The quantitative estimate of drug-likeness (QED) is 0.392. The van der Waals surface area contributed by atoms with Crippen LogP contribution >= 0.6 is 0 Å². The van der Waals surface area contributed by atoms with Crippen LogP contribution < -0.4 is 10.6 Å². The lowest BCUT2D eigenvalue weighted by Gasteiger charge is -2.38. The van der Waals surface area contributed by atoms with Crippen LogP contribution in [0.5, 0.6) is 0 Å². The Kier molecular flexibility index (Phi) is 9.37. The number of nitrogens with one attached hydrogen (secondary N) is 2. The van der Waals surface area contributed by atoms with E-state index in [2.05, 4.69) is 34.4 Å². The van der Waals surface area contributed by atoms with Crippen molar-refractivity contribution in [2.45, 2.75) is 39.3 Å². The number of ether oxygens (including phenoxy) is 2. The van der Waals surface area contributed by atoms with Crippen molar-refractivity contribution in [3.8, 4) is 0 Å². The summed E-state index contributed by atoms with van der Waals surface area (Å²) < 4.78 is 10.8. The van der Waals surface area contributed by atoms with Gasteiger partial charge in [-0.25, -0.2) is 0 Å². The fraction of sp³-hybridized carbons (Fsp3) is 0.933. The van der Waals surface area contributed by atoms with E-state index in [1.165, 1.54) is 0 Å². The second-order valence-corrected chi connectivity index (χ2v) is 5.44. The molecule has 0 aliphatic carbocycles. The molecule has 1 aliphatic heterocycles. The number of hydrogen-bond donors (Lipinski definition) is 2. The molecular formula is C15H32N4O2. The second-order valence-electron chi connectivity index (χ2n) is 5.44. The first-order chi connectivity index (χ1) is 10.2. The van der Waals surface area contributed by atoms with E-state index in [1.807, 2.05) is 6.92 Å². The van der Waals surface area contributed by atoms with E-state index in [-0.39, 0.29) is 0 Å². The minimum Gasteiger partial charge on any atom is -0.382 e. The Balaban J connectivity index is 2.21. The number of morpholine rings is 1. The lowest BCUT2D eigenvalue weighted by molar-refractivity contribution is -0.0174. The van der Waals surface area contributed by atoms with E-state index >= 15 is 0 Å². The van der Waals surface area contributed by atoms with Gasteiger partial charge in [0.15, 0.2) is 5.96 Å². The summed E-state index contributed by atoms with van der Waals surface area (Å²) in [5, 5.41) is 6.71.